The Morgan fingerprint density at radius 3 is 2.43 bits per heavy atom. The highest BCUT2D eigenvalue weighted by Gasteiger charge is 2.53. The quantitative estimate of drug-likeness (QED) is 0.582. The lowest BCUT2D eigenvalue weighted by molar-refractivity contribution is 0.00578. The maximum absolute atomic E-state index is 12.4. The van der Waals surface area contributed by atoms with E-state index in [0.29, 0.717) is 25.1 Å². The van der Waals surface area contributed by atoms with Crippen molar-refractivity contribution >= 4 is 30.5 Å². The van der Waals surface area contributed by atoms with Gasteiger partial charge in [-0.15, -0.1) is 0 Å². The molecular formula is C26H33BN2O6. The molecular weight excluding hydrogens is 447 g/mol. The number of nitrogens with zero attached hydrogens (tertiary/aromatic N) is 1. The molecule has 9 heteroatoms. The van der Waals surface area contributed by atoms with Gasteiger partial charge in [0, 0.05) is 19.2 Å². The lowest BCUT2D eigenvalue weighted by Gasteiger charge is -2.32. The number of anilines is 1. The lowest BCUT2D eigenvalue weighted by atomic mass is 9.73. The van der Waals surface area contributed by atoms with Crippen LogP contribution in [0.3, 0.4) is 0 Å². The second kappa shape index (κ2) is 9.91. The van der Waals surface area contributed by atoms with E-state index in [-0.39, 0.29) is 6.61 Å². The maximum atomic E-state index is 12.4. The van der Waals surface area contributed by atoms with E-state index in [2.05, 4.69) is 5.32 Å². The summed E-state index contributed by atoms with van der Waals surface area (Å²) in [7, 11) is 1.12. The summed E-state index contributed by atoms with van der Waals surface area (Å²) in [5.41, 5.74) is 2.33. The minimum atomic E-state index is -0.577. The van der Waals surface area contributed by atoms with Crippen LogP contribution in [0.15, 0.2) is 48.5 Å². The van der Waals surface area contributed by atoms with Crippen LogP contribution in [-0.4, -0.2) is 49.0 Å². The monoisotopic (exact) mass is 480 g/mol. The summed E-state index contributed by atoms with van der Waals surface area (Å²) in [4.78, 5) is 26.1. The minimum absolute atomic E-state index is 0.223. The first-order valence-corrected chi connectivity index (χ1v) is 12.0. The molecule has 0 radical (unpaired) electrons. The molecule has 1 saturated heterocycles. The van der Waals surface area contributed by atoms with Crippen molar-refractivity contribution in [2.75, 3.05) is 18.9 Å². The van der Waals surface area contributed by atoms with Crippen LogP contribution in [0.4, 0.5) is 15.3 Å². The van der Waals surface area contributed by atoms with Crippen LogP contribution < -0.4 is 10.8 Å². The number of cyclic esters (lactones) is 1. The summed E-state index contributed by atoms with van der Waals surface area (Å²) in [5.74, 6) is 0. The number of hydrogen-bond acceptors (Lipinski definition) is 6. The van der Waals surface area contributed by atoms with E-state index in [4.69, 9.17) is 18.8 Å². The van der Waals surface area contributed by atoms with Gasteiger partial charge in [-0.1, -0.05) is 42.5 Å². The van der Waals surface area contributed by atoms with E-state index in [9.17, 15) is 9.59 Å². The van der Waals surface area contributed by atoms with E-state index in [1.807, 2.05) is 76.2 Å². The smallest absolute Gasteiger partial charge is 0.445 e. The van der Waals surface area contributed by atoms with Gasteiger partial charge in [-0.25, -0.2) is 9.59 Å². The summed E-state index contributed by atoms with van der Waals surface area (Å²) >= 11 is 0. The molecule has 186 valence electrons. The van der Waals surface area contributed by atoms with E-state index < -0.39 is 36.6 Å². The van der Waals surface area contributed by atoms with Crippen LogP contribution in [-0.2, 0) is 25.4 Å². The fourth-order valence-corrected chi connectivity index (χ4v) is 4.19. The predicted octanol–water partition coefficient (Wildman–Crippen LogP) is 4.64. The summed E-state index contributed by atoms with van der Waals surface area (Å²) in [6, 6.07) is 15.2. The van der Waals surface area contributed by atoms with Crippen molar-refractivity contribution in [3.8, 4) is 0 Å². The highest BCUT2D eigenvalue weighted by molar-refractivity contribution is 6.63. The Hall–Kier alpha value is -3.04. The molecule has 1 unspecified atom stereocenters. The number of benzene rings is 2. The molecule has 0 spiro atoms. The van der Waals surface area contributed by atoms with Gasteiger partial charge in [-0.3, -0.25) is 5.32 Å². The molecule has 2 aliphatic heterocycles. The molecule has 1 N–H and O–H groups in total. The van der Waals surface area contributed by atoms with Crippen LogP contribution in [0.5, 0.6) is 0 Å². The van der Waals surface area contributed by atoms with Gasteiger partial charge in [0.05, 0.1) is 16.9 Å². The minimum Gasteiger partial charge on any atom is -0.445 e. The molecule has 2 aromatic rings. The zero-order chi connectivity index (χ0) is 25.2. The summed E-state index contributed by atoms with van der Waals surface area (Å²) in [5, 5.41) is 2.79. The van der Waals surface area contributed by atoms with E-state index >= 15 is 0 Å². The van der Waals surface area contributed by atoms with E-state index in [1.165, 1.54) is 4.90 Å². The first-order valence-electron chi connectivity index (χ1n) is 12.0. The summed E-state index contributed by atoms with van der Waals surface area (Å²) < 4.78 is 23.6. The van der Waals surface area contributed by atoms with Gasteiger partial charge in [0.25, 0.3) is 0 Å². The first kappa shape index (κ1) is 25.1. The van der Waals surface area contributed by atoms with Gasteiger partial charge in [0.2, 0.25) is 0 Å². The van der Waals surface area contributed by atoms with Crippen molar-refractivity contribution in [1.29, 1.82) is 0 Å². The van der Waals surface area contributed by atoms with Crippen molar-refractivity contribution in [2.24, 2.45) is 0 Å². The molecule has 4 rings (SSSR count). The normalized spacial score (nSPS) is 20.0. The highest BCUT2D eigenvalue weighted by atomic mass is 16.7. The Bertz CT molecular complexity index is 1060. The molecule has 0 aliphatic carbocycles. The Morgan fingerprint density at radius 2 is 1.74 bits per heavy atom. The third-order valence-electron chi connectivity index (χ3n) is 6.93. The lowest BCUT2D eigenvalue weighted by Crippen LogP contribution is -2.41. The predicted molar refractivity (Wildman–Crippen MR) is 133 cm³/mol. The number of nitrogens with one attached hydrogen (secondary N) is 1. The molecule has 0 saturated carbocycles. The second-order valence-electron chi connectivity index (χ2n) is 10.0. The fourth-order valence-electron chi connectivity index (χ4n) is 4.19. The van der Waals surface area contributed by atoms with Gasteiger partial charge in [0.1, 0.15) is 12.7 Å². The van der Waals surface area contributed by atoms with Crippen molar-refractivity contribution < 1.29 is 28.4 Å². The number of ether oxygens (including phenoxy) is 2. The molecule has 2 amide bonds. The van der Waals surface area contributed by atoms with Crippen molar-refractivity contribution in [3.05, 3.63) is 59.7 Å². The van der Waals surface area contributed by atoms with Gasteiger partial charge in [-0.05, 0) is 57.6 Å². The fraction of sp³-hybridized carbons (Fsp3) is 0.462. The van der Waals surface area contributed by atoms with Crippen LogP contribution in [0.1, 0.15) is 57.8 Å². The molecule has 2 aliphatic rings. The average molecular weight is 480 g/mol. The van der Waals surface area contributed by atoms with Gasteiger partial charge < -0.3 is 23.7 Å². The third-order valence-corrected chi connectivity index (χ3v) is 6.93. The molecule has 1 fully saturated rings. The van der Waals surface area contributed by atoms with Gasteiger partial charge in [-0.2, -0.15) is 0 Å². The van der Waals surface area contributed by atoms with Crippen molar-refractivity contribution in [3.63, 3.8) is 0 Å². The largest absolute Gasteiger partial charge is 0.495 e. The highest BCUT2D eigenvalue weighted by Crippen LogP contribution is 2.39. The molecule has 8 nitrogen and oxygen atoms in total. The number of carbonyl (C=O) groups is 2. The molecule has 2 heterocycles. The summed E-state index contributed by atoms with van der Waals surface area (Å²) in [6.45, 7) is 8.70. The molecule has 35 heavy (non-hydrogen) atoms. The Morgan fingerprint density at radius 1 is 1.06 bits per heavy atom. The van der Waals surface area contributed by atoms with Gasteiger partial charge >= 0.3 is 19.3 Å². The van der Waals surface area contributed by atoms with E-state index in [0.717, 1.165) is 16.6 Å². The standard InChI is InChI=1S/C26H33BN2O6/c1-25(2)26(3,4)35-27(34-25)19-13-9-14-20-22(19)21(33-23(30)28-20)15-10-16-29(5)24(31)32-17-18-11-7-6-8-12-18/h6-9,11-14,21H,10,15-17H2,1-5H3,(H,28,30). The van der Waals surface area contributed by atoms with Crippen LogP contribution in [0, 0.1) is 0 Å². The zero-order valence-corrected chi connectivity index (χ0v) is 21.0. The van der Waals surface area contributed by atoms with Crippen LogP contribution >= 0.6 is 0 Å². The van der Waals surface area contributed by atoms with Gasteiger partial charge in [0.15, 0.2) is 0 Å². The first-order chi connectivity index (χ1) is 16.6. The van der Waals surface area contributed by atoms with Crippen molar-refractivity contribution in [1.82, 2.24) is 4.90 Å². The number of amides is 2. The molecule has 1 atom stereocenters. The number of rotatable bonds is 7. The Labute approximate surface area is 207 Å². The average Bonchev–Trinajstić information content (AvgIpc) is 3.04. The maximum Gasteiger partial charge on any atom is 0.495 e. The Kier molecular flexibility index (Phi) is 7.10. The number of fused-ring (bicyclic) bond motifs is 1. The number of carbonyl (C=O) groups excluding carboxylic acids is 2. The molecule has 2 aromatic carbocycles. The summed E-state index contributed by atoms with van der Waals surface area (Å²) in [6.07, 6.45) is -0.222. The SMILES string of the molecule is CN(CCCC1OC(=O)Nc2cccc(B3OC(C)(C)C(C)(C)O3)c21)C(=O)OCc1ccccc1. The van der Waals surface area contributed by atoms with Crippen LogP contribution in [0.25, 0.3) is 0 Å². The van der Waals surface area contributed by atoms with Crippen LogP contribution in [0.2, 0.25) is 0 Å². The molecule has 0 aromatic heterocycles. The molecule has 0 bridgehead atoms. The van der Waals surface area contributed by atoms with Crippen molar-refractivity contribution in [2.45, 2.75) is 64.4 Å². The second-order valence-corrected chi connectivity index (χ2v) is 10.0. The Balaban J connectivity index is 1.41. The van der Waals surface area contributed by atoms with E-state index in [1.54, 1.807) is 7.05 Å². The third kappa shape index (κ3) is 5.46. The topological polar surface area (TPSA) is 86.3 Å². The number of hydrogen-bond donors (Lipinski definition) is 1. The zero-order valence-electron chi connectivity index (χ0n) is 21.0.